The molecule has 2 fully saturated rings. The molecule has 6 atom stereocenters. The number of amides is 2. The van der Waals surface area contributed by atoms with Gasteiger partial charge in [-0.25, -0.2) is 14.6 Å². The molecule has 2 saturated heterocycles. The standard InChI is InChI=1S/C23H30N4O6S/c1-5-8-33-23(32)26-11-15(9-14(26)10-16-24-6-7-25(16)4)34-20-12(2)18-17(13(3)28)21(29)27(18)19(20)22(30)31/h5-7,12-15,17-18,28H,1,8-11H2,2-4H3,(H,30,31)/t12-,13-,14-,15+,17-,18-/m1/s1. The molecule has 4 rings (SSSR count). The SMILES string of the molecule is C=CCOC(=O)N1C[C@@H](SC2=C(C(=O)O)N3C(=O)[C@H]([C@@H](C)O)[C@H]3[C@H]2C)C[C@@H]1Cc1nccn1C. The van der Waals surface area contributed by atoms with Crippen molar-refractivity contribution in [1.29, 1.82) is 0 Å². The number of β-lactam (4-membered cyclic amide) rings is 1. The van der Waals surface area contributed by atoms with E-state index in [1.54, 1.807) is 18.0 Å². The molecule has 0 aromatic carbocycles. The lowest BCUT2D eigenvalue weighted by Crippen LogP contribution is -2.63. The van der Waals surface area contributed by atoms with Crippen LogP contribution in [0.3, 0.4) is 0 Å². The van der Waals surface area contributed by atoms with Crippen molar-refractivity contribution >= 4 is 29.7 Å². The number of aromatic nitrogens is 2. The summed E-state index contributed by atoms with van der Waals surface area (Å²) in [5.41, 5.74) is -0.00210. The number of aliphatic carboxylic acids is 1. The topological polar surface area (TPSA) is 125 Å². The van der Waals surface area contributed by atoms with E-state index in [1.165, 1.54) is 22.7 Å². The van der Waals surface area contributed by atoms with Gasteiger partial charge in [-0.15, -0.1) is 11.8 Å². The minimum absolute atomic E-state index is 0.00210. The summed E-state index contributed by atoms with van der Waals surface area (Å²) < 4.78 is 7.21. The zero-order chi connectivity index (χ0) is 24.7. The smallest absolute Gasteiger partial charge is 0.410 e. The maximum absolute atomic E-state index is 12.8. The van der Waals surface area contributed by atoms with Gasteiger partial charge in [-0.05, 0) is 13.3 Å². The highest BCUT2D eigenvalue weighted by Gasteiger charge is 2.60. The molecule has 0 saturated carbocycles. The van der Waals surface area contributed by atoms with Gasteiger partial charge in [0.2, 0.25) is 5.91 Å². The molecule has 0 spiro atoms. The van der Waals surface area contributed by atoms with Crippen LogP contribution >= 0.6 is 11.8 Å². The van der Waals surface area contributed by atoms with E-state index in [-0.39, 0.29) is 41.5 Å². The first kappa shape index (κ1) is 24.3. The summed E-state index contributed by atoms with van der Waals surface area (Å²) in [6.45, 7) is 7.53. The number of aliphatic hydroxyl groups excluding tert-OH is 1. The van der Waals surface area contributed by atoms with Crippen molar-refractivity contribution < 1.29 is 29.3 Å². The molecule has 1 aromatic rings. The molecule has 34 heavy (non-hydrogen) atoms. The zero-order valence-electron chi connectivity index (χ0n) is 19.5. The summed E-state index contributed by atoms with van der Waals surface area (Å²) in [5.74, 6) is -1.49. The monoisotopic (exact) mass is 490 g/mol. The van der Waals surface area contributed by atoms with Crippen LogP contribution < -0.4 is 0 Å². The van der Waals surface area contributed by atoms with Gasteiger partial charge < -0.3 is 29.3 Å². The van der Waals surface area contributed by atoms with E-state index >= 15 is 0 Å². The van der Waals surface area contributed by atoms with Crippen LogP contribution in [0.25, 0.3) is 0 Å². The molecule has 184 valence electrons. The Morgan fingerprint density at radius 3 is 2.76 bits per heavy atom. The number of hydrogen-bond donors (Lipinski definition) is 2. The Morgan fingerprint density at radius 2 is 2.18 bits per heavy atom. The third-order valence-electron chi connectivity index (χ3n) is 6.88. The number of imidazole rings is 1. The van der Waals surface area contributed by atoms with Crippen molar-refractivity contribution in [2.45, 2.75) is 50.1 Å². The summed E-state index contributed by atoms with van der Waals surface area (Å²) >= 11 is 1.41. The number of aliphatic hydroxyl groups is 1. The summed E-state index contributed by atoms with van der Waals surface area (Å²) in [4.78, 5) is 45.5. The summed E-state index contributed by atoms with van der Waals surface area (Å²) in [6, 6.07) is -0.523. The number of carboxylic acid groups (broad SMARTS) is 1. The Labute approximate surface area is 202 Å². The van der Waals surface area contributed by atoms with E-state index in [1.807, 2.05) is 24.7 Å². The van der Waals surface area contributed by atoms with Crippen molar-refractivity contribution in [2.75, 3.05) is 13.2 Å². The van der Waals surface area contributed by atoms with Gasteiger partial charge in [0.25, 0.3) is 0 Å². The highest BCUT2D eigenvalue weighted by molar-refractivity contribution is 8.03. The Hall–Kier alpha value is -2.79. The van der Waals surface area contributed by atoms with Crippen LogP contribution in [0.2, 0.25) is 0 Å². The van der Waals surface area contributed by atoms with Crippen molar-refractivity contribution in [2.24, 2.45) is 18.9 Å². The number of carbonyl (C=O) groups excluding carboxylic acids is 2. The average Bonchev–Trinajstić information content (AvgIpc) is 3.43. The van der Waals surface area contributed by atoms with E-state index in [4.69, 9.17) is 4.74 Å². The summed E-state index contributed by atoms with van der Waals surface area (Å²) in [5, 5.41) is 19.9. The Morgan fingerprint density at radius 1 is 1.44 bits per heavy atom. The van der Waals surface area contributed by atoms with Crippen LogP contribution in [0.5, 0.6) is 0 Å². The quantitative estimate of drug-likeness (QED) is 0.416. The van der Waals surface area contributed by atoms with Crippen LogP contribution in [0.4, 0.5) is 4.79 Å². The maximum atomic E-state index is 12.8. The molecular formula is C23H30N4O6S. The number of aryl methyl sites for hydroxylation is 1. The third kappa shape index (κ3) is 4.11. The number of rotatable bonds is 8. The molecule has 1 aromatic heterocycles. The van der Waals surface area contributed by atoms with Crippen LogP contribution in [-0.4, -0.2) is 84.1 Å². The molecule has 11 heteroatoms. The molecule has 4 heterocycles. The van der Waals surface area contributed by atoms with Crippen molar-refractivity contribution in [3.8, 4) is 0 Å². The second kappa shape index (κ2) is 9.46. The normalized spacial score (nSPS) is 29.2. The molecule has 2 amide bonds. The lowest BCUT2D eigenvalue weighted by atomic mass is 9.79. The number of nitrogens with zero attached hydrogens (tertiary/aromatic N) is 4. The van der Waals surface area contributed by atoms with Gasteiger partial charge in [-0.2, -0.15) is 0 Å². The van der Waals surface area contributed by atoms with Gasteiger partial charge in [0.05, 0.1) is 18.1 Å². The van der Waals surface area contributed by atoms with Crippen LogP contribution in [-0.2, 0) is 27.8 Å². The predicted molar refractivity (Wildman–Crippen MR) is 125 cm³/mol. The van der Waals surface area contributed by atoms with Gasteiger partial charge in [0.15, 0.2) is 0 Å². The number of hydrogen-bond acceptors (Lipinski definition) is 7. The minimum Gasteiger partial charge on any atom is -0.477 e. The molecule has 3 aliphatic rings. The van der Waals surface area contributed by atoms with E-state index in [2.05, 4.69) is 11.6 Å². The largest absolute Gasteiger partial charge is 0.477 e. The molecular weight excluding hydrogens is 460 g/mol. The van der Waals surface area contributed by atoms with Crippen molar-refractivity contribution in [3.63, 3.8) is 0 Å². The van der Waals surface area contributed by atoms with E-state index < -0.39 is 24.1 Å². The molecule has 0 bridgehead atoms. The second-order valence-corrected chi connectivity index (χ2v) is 10.4. The molecule has 0 unspecified atom stereocenters. The van der Waals surface area contributed by atoms with Gasteiger partial charge >= 0.3 is 12.1 Å². The Kier molecular flexibility index (Phi) is 6.77. The summed E-state index contributed by atoms with van der Waals surface area (Å²) in [6.07, 6.45) is 4.95. The van der Waals surface area contributed by atoms with Gasteiger partial charge in [0.1, 0.15) is 18.1 Å². The number of thioether (sulfide) groups is 1. The first-order valence-electron chi connectivity index (χ1n) is 11.3. The molecule has 10 nitrogen and oxygen atoms in total. The molecule has 2 N–H and O–H groups in total. The molecule has 0 aliphatic carbocycles. The van der Waals surface area contributed by atoms with E-state index in [9.17, 15) is 24.6 Å². The number of carbonyl (C=O) groups is 3. The fraction of sp³-hybridized carbons (Fsp3) is 0.565. The van der Waals surface area contributed by atoms with Crippen LogP contribution in [0.15, 0.2) is 35.7 Å². The van der Waals surface area contributed by atoms with Gasteiger partial charge in [0, 0.05) is 54.5 Å². The first-order chi connectivity index (χ1) is 16.1. The Balaban J connectivity index is 1.56. The maximum Gasteiger partial charge on any atom is 0.410 e. The Bertz CT molecular complexity index is 1040. The average molecular weight is 491 g/mol. The van der Waals surface area contributed by atoms with E-state index in [0.29, 0.717) is 24.3 Å². The molecule has 0 radical (unpaired) electrons. The number of likely N-dealkylation sites (tertiary alicyclic amines) is 1. The third-order valence-corrected chi connectivity index (χ3v) is 8.37. The predicted octanol–water partition coefficient (Wildman–Crippen LogP) is 1.61. The van der Waals surface area contributed by atoms with Gasteiger partial charge in [-0.1, -0.05) is 19.6 Å². The lowest BCUT2D eigenvalue weighted by molar-refractivity contribution is -0.163. The molecule has 3 aliphatic heterocycles. The number of fused-ring (bicyclic) bond motifs is 1. The van der Waals surface area contributed by atoms with Crippen molar-refractivity contribution in [3.05, 3.63) is 41.5 Å². The van der Waals surface area contributed by atoms with Gasteiger partial charge in [-0.3, -0.25) is 4.79 Å². The number of ether oxygens (including phenoxy) is 1. The second-order valence-electron chi connectivity index (χ2n) is 9.08. The first-order valence-corrected chi connectivity index (χ1v) is 12.2. The fourth-order valence-corrected chi connectivity index (χ4v) is 6.82. The number of carboxylic acids is 1. The van der Waals surface area contributed by atoms with E-state index in [0.717, 1.165) is 5.82 Å². The fourth-order valence-electron chi connectivity index (χ4n) is 5.25. The minimum atomic E-state index is -1.15. The van der Waals surface area contributed by atoms with Crippen molar-refractivity contribution in [1.82, 2.24) is 19.4 Å². The highest BCUT2D eigenvalue weighted by Crippen LogP contribution is 2.52. The zero-order valence-corrected chi connectivity index (χ0v) is 20.3. The van der Waals surface area contributed by atoms with Crippen LogP contribution in [0, 0.1) is 11.8 Å². The lowest BCUT2D eigenvalue weighted by Gasteiger charge is -2.46. The highest BCUT2D eigenvalue weighted by atomic mass is 32.2. The van der Waals surface area contributed by atoms with Crippen LogP contribution in [0.1, 0.15) is 26.1 Å². The summed E-state index contributed by atoms with van der Waals surface area (Å²) in [7, 11) is 1.90.